The van der Waals surface area contributed by atoms with Crippen LogP contribution in [0.3, 0.4) is 0 Å². The molecule has 0 radical (unpaired) electrons. The van der Waals surface area contributed by atoms with Gasteiger partial charge in [0.15, 0.2) is 0 Å². The second kappa shape index (κ2) is 7.59. The highest BCUT2D eigenvalue weighted by molar-refractivity contribution is 6.23. The minimum Gasteiger partial charge on any atom is -0.510 e. The van der Waals surface area contributed by atoms with Gasteiger partial charge >= 0.3 is 5.97 Å². The molecule has 0 fully saturated rings. The zero-order valence-electron chi connectivity index (χ0n) is 10.9. The first-order chi connectivity index (χ1) is 9.10. The summed E-state index contributed by atoms with van der Waals surface area (Å²) in [6.07, 6.45) is 0. The van der Waals surface area contributed by atoms with Gasteiger partial charge in [0.25, 0.3) is 0 Å². The second-order valence-corrected chi connectivity index (χ2v) is 3.98. The van der Waals surface area contributed by atoms with Crippen LogP contribution in [0.4, 0.5) is 5.69 Å². The topological polar surface area (TPSA) is 58.9 Å². The van der Waals surface area contributed by atoms with Crippen LogP contribution in [0.1, 0.15) is 13.8 Å². The van der Waals surface area contributed by atoms with Crippen molar-refractivity contribution >= 4 is 29.0 Å². The monoisotopic (exact) mass is 281 g/mol. The molecule has 0 saturated heterocycles. The van der Waals surface area contributed by atoms with Gasteiger partial charge in [-0.15, -0.1) is 11.6 Å². The number of carbonyl (C=O) groups is 1. The minimum atomic E-state index is -0.627. The fourth-order valence-electron chi connectivity index (χ4n) is 1.50. The van der Waals surface area contributed by atoms with E-state index in [0.717, 1.165) is 0 Å². The number of aliphatic imine (C=N–C) groups is 1. The van der Waals surface area contributed by atoms with Crippen molar-refractivity contribution in [2.75, 3.05) is 12.5 Å². The van der Waals surface area contributed by atoms with E-state index in [-0.39, 0.29) is 23.8 Å². The Kier molecular flexibility index (Phi) is 6.09. The molecule has 1 aromatic rings. The highest BCUT2D eigenvalue weighted by Crippen LogP contribution is 2.15. The Morgan fingerprint density at radius 1 is 1.37 bits per heavy atom. The van der Waals surface area contributed by atoms with E-state index in [0.29, 0.717) is 11.4 Å². The van der Waals surface area contributed by atoms with Crippen molar-refractivity contribution in [2.24, 2.45) is 4.99 Å². The summed E-state index contributed by atoms with van der Waals surface area (Å²) in [5, 5.41) is 9.73. The number of ether oxygens (including phenoxy) is 1. The third-order valence-electron chi connectivity index (χ3n) is 2.31. The number of benzene rings is 1. The molecule has 0 amide bonds. The molecule has 0 aromatic heterocycles. The Morgan fingerprint density at radius 3 is 2.53 bits per heavy atom. The van der Waals surface area contributed by atoms with E-state index < -0.39 is 5.97 Å². The fraction of sp³-hybridized carbons (Fsp3) is 0.286. The number of carbonyl (C=O) groups excluding carboxylic acids is 1. The fourth-order valence-corrected chi connectivity index (χ4v) is 1.63. The highest BCUT2D eigenvalue weighted by Gasteiger charge is 2.19. The van der Waals surface area contributed by atoms with E-state index in [9.17, 15) is 9.90 Å². The number of rotatable bonds is 5. The molecule has 0 heterocycles. The molecule has 0 aliphatic heterocycles. The van der Waals surface area contributed by atoms with E-state index in [1.807, 2.05) is 18.2 Å². The maximum absolute atomic E-state index is 11.8. The number of aliphatic hydroxyl groups is 1. The molecule has 1 rings (SSSR count). The summed E-state index contributed by atoms with van der Waals surface area (Å²) in [7, 11) is 0. The molecule has 0 unspecified atom stereocenters. The first-order valence-corrected chi connectivity index (χ1v) is 6.39. The van der Waals surface area contributed by atoms with Gasteiger partial charge < -0.3 is 9.84 Å². The third-order valence-corrected chi connectivity index (χ3v) is 2.56. The molecule has 0 atom stereocenters. The minimum absolute atomic E-state index is 0.0145. The van der Waals surface area contributed by atoms with Crippen molar-refractivity contribution in [1.29, 1.82) is 0 Å². The lowest BCUT2D eigenvalue weighted by atomic mass is 10.1. The predicted molar refractivity (Wildman–Crippen MR) is 76.2 cm³/mol. The van der Waals surface area contributed by atoms with Gasteiger partial charge in [-0.05, 0) is 26.0 Å². The van der Waals surface area contributed by atoms with Crippen molar-refractivity contribution in [3.05, 3.63) is 41.7 Å². The van der Waals surface area contributed by atoms with E-state index >= 15 is 0 Å². The van der Waals surface area contributed by atoms with Crippen LogP contribution in [0.2, 0.25) is 0 Å². The Hall–Kier alpha value is -1.81. The number of para-hydroxylation sites is 1. The average molecular weight is 282 g/mol. The summed E-state index contributed by atoms with van der Waals surface area (Å²) >= 11 is 5.57. The lowest BCUT2D eigenvalue weighted by molar-refractivity contribution is -0.138. The molecule has 1 N–H and O–H groups in total. The summed E-state index contributed by atoms with van der Waals surface area (Å²) in [4.78, 5) is 16.1. The highest BCUT2D eigenvalue weighted by atomic mass is 35.5. The number of hydrogen-bond acceptors (Lipinski definition) is 4. The van der Waals surface area contributed by atoms with E-state index in [4.69, 9.17) is 16.3 Å². The zero-order chi connectivity index (χ0) is 14.3. The van der Waals surface area contributed by atoms with Crippen molar-refractivity contribution in [3.8, 4) is 0 Å². The quantitative estimate of drug-likeness (QED) is 0.296. The lowest BCUT2D eigenvalue weighted by Crippen LogP contribution is -2.17. The molecule has 102 valence electrons. The van der Waals surface area contributed by atoms with Gasteiger partial charge in [0, 0.05) is 0 Å². The predicted octanol–water partition coefficient (Wildman–Crippen LogP) is 3.39. The van der Waals surface area contributed by atoms with Gasteiger partial charge in [0.05, 0.1) is 23.9 Å². The molecule has 0 aliphatic carbocycles. The summed E-state index contributed by atoms with van der Waals surface area (Å²) in [5.74, 6) is -1.04. The van der Waals surface area contributed by atoms with Crippen molar-refractivity contribution in [3.63, 3.8) is 0 Å². The smallest absolute Gasteiger partial charge is 0.343 e. The molecular weight excluding hydrogens is 266 g/mol. The van der Waals surface area contributed by atoms with Gasteiger partial charge in [-0.1, -0.05) is 18.2 Å². The Labute approximate surface area is 117 Å². The van der Waals surface area contributed by atoms with Crippen LogP contribution in [-0.4, -0.2) is 29.3 Å². The van der Waals surface area contributed by atoms with Crippen molar-refractivity contribution in [2.45, 2.75) is 13.8 Å². The molecule has 1 aromatic carbocycles. The number of aliphatic hydroxyl groups excluding tert-OH is 1. The Balaban J connectivity index is 3.13. The summed E-state index contributed by atoms with van der Waals surface area (Å²) in [5.41, 5.74) is 1.06. The maximum atomic E-state index is 11.8. The molecule has 0 saturated carbocycles. The van der Waals surface area contributed by atoms with E-state index in [1.54, 1.807) is 26.0 Å². The van der Waals surface area contributed by atoms with E-state index in [1.165, 1.54) is 0 Å². The zero-order valence-corrected chi connectivity index (χ0v) is 11.6. The van der Waals surface area contributed by atoms with Crippen LogP contribution in [-0.2, 0) is 9.53 Å². The van der Waals surface area contributed by atoms with Gasteiger partial charge in [-0.3, -0.25) is 4.99 Å². The van der Waals surface area contributed by atoms with Gasteiger partial charge in [-0.25, -0.2) is 4.79 Å². The number of allylic oxidation sites excluding steroid dienone is 1. The van der Waals surface area contributed by atoms with Crippen LogP contribution in [0.25, 0.3) is 0 Å². The molecule has 5 heteroatoms. The Morgan fingerprint density at radius 2 is 2.00 bits per heavy atom. The Bertz CT molecular complexity index is 495. The van der Waals surface area contributed by atoms with Crippen molar-refractivity contribution < 1.29 is 14.6 Å². The van der Waals surface area contributed by atoms with E-state index in [2.05, 4.69) is 4.99 Å². The van der Waals surface area contributed by atoms with Crippen LogP contribution in [0.15, 0.2) is 46.7 Å². The normalized spacial score (nSPS) is 12.9. The SMILES string of the molecule is CCOC(=O)/C(C(C)=Nc1ccccc1)=C(/O)CCl. The average Bonchev–Trinajstić information content (AvgIpc) is 2.40. The second-order valence-electron chi connectivity index (χ2n) is 3.71. The van der Waals surface area contributed by atoms with Gasteiger partial charge in [0.2, 0.25) is 0 Å². The number of nitrogens with zero attached hydrogens (tertiary/aromatic N) is 1. The van der Waals surface area contributed by atoms with Crippen molar-refractivity contribution in [1.82, 2.24) is 0 Å². The summed E-state index contributed by atoms with van der Waals surface area (Å²) < 4.78 is 4.89. The largest absolute Gasteiger partial charge is 0.510 e. The molecule has 0 spiro atoms. The van der Waals surface area contributed by atoms with Gasteiger partial charge in [0.1, 0.15) is 11.3 Å². The number of alkyl halides is 1. The number of halogens is 1. The first-order valence-electron chi connectivity index (χ1n) is 5.86. The first kappa shape index (κ1) is 15.2. The molecule has 19 heavy (non-hydrogen) atoms. The number of hydrogen-bond donors (Lipinski definition) is 1. The molecular formula is C14H16ClNO3. The van der Waals surface area contributed by atoms with Crippen LogP contribution >= 0.6 is 11.6 Å². The third kappa shape index (κ3) is 4.41. The summed E-state index contributed by atoms with van der Waals surface area (Å²) in [6.45, 7) is 3.54. The number of esters is 1. The van der Waals surface area contributed by atoms with Crippen LogP contribution in [0.5, 0.6) is 0 Å². The molecule has 0 bridgehead atoms. The van der Waals surface area contributed by atoms with Gasteiger partial charge in [-0.2, -0.15) is 0 Å². The standard InChI is InChI=1S/C14H16ClNO3/c1-3-19-14(18)13(12(17)9-15)10(2)16-11-7-5-4-6-8-11/h4-8,17H,3,9H2,1-2H3/b13-12+,16-10?. The van der Waals surface area contributed by atoms with Crippen LogP contribution < -0.4 is 0 Å². The maximum Gasteiger partial charge on any atom is 0.343 e. The molecule has 0 aliphatic rings. The molecule has 4 nitrogen and oxygen atoms in total. The summed E-state index contributed by atoms with van der Waals surface area (Å²) in [6, 6.07) is 9.13. The lowest BCUT2D eigenvalue weighted by Gasteiger charge is -2.08. The van der Waals surface area contributed by atoms with Crippen LogP contribution in [0, 0.1) is 0 Å².